The van der Waals surface area contributed by atoms with Crippen molar-refractivity contribution >= 4 is 27.3 Å². The summed E-state index contributed by atoms with van der Waals surface area (Å²) in [6, 6.07) is 2.21. The Morgan fingerprint density at radius 1 is 1.45 bits per heavy atom. The molecule has 3 heterocycles. The van der Waals surface area contributed by atoms with E-state index in [4.69, 9.17) is 4.98 Å². The zero-order chi connectivity index (χ0) is 14.1. The summed E-state index contributed by atoms with van der Waals surface area (Å²) in [5.41, 5.74) is 2.53. The predicted octanol–water partition coefficient (Wildman–Crippen LogP) is 3.98. The number of hydrogen-bond donors (Lipinski definition) is 0. The lowest BCUT2D eigenvalue weighted by Crippen LogP contribution is -2.30. The fourth-order valence-electron chi connectivity index (χ4n) is 2.46. The van der Waals surface area contributed by atoms with Gasteiger partial charge >= 0.3 is 0 Å². The summed E-state index contributed by atoms with van der Waals surface area (Å²) < 4.78 is 1.18. The van der Waals surface area contributed by atoms with Crippen molar-refractivity contribution in [1.82, 2.24) is 14.9 Å². The van der Waals surface area contributed by atoms with Crippen LogP contribution in [0.2, 0.25) is 0 Å². The molecule has 0 aliphatic carbocycles. The maximum Gasteiger partial charge on any atom is 0.131 e. The lowest BCUT2D eigenvalue weighted by Gasteiger charge is -2.27. The van der Waals surface area contributed by atoms with Crippen molar-refractivity contribution in [1.29, 1.82) is 0 Å². The highest BCUT2D eigenvalue weighted by molar-refractivity contribution is 9.10. The lowest BCUT2D eigenvalue weighted by molar-refractivity contribution is 0.244. The fraction of sp³-hybridized carbons (Fsp3) is 0.467. The molecule has 0 N–H and O–H groups in total. The Balaban J connectivity index is 1.72. The Bertz CT molecular complexity index is 609. The van der Waals surface area contributed by atoms with Crippen molar-refractivity contribution in [3.8, 4) is 0 Å². The van der Waals surface area contributed by atoms with Crippen LogP contribution in [0.25, 0.3) is 0 Å². The van der Waals surface area contributed by atoms with E-state index in [1.54, 1.807) is 0 Å². The van der Waals surface area contributed by atoms with Gasteiger partial charge in [-0.3, -0.25) is 4.90 Å². The summed E-state index contributed by atoms with van der Waals surface area (Å²) in [6.45, 7) is 7.35. The first-order valence-corrected chi connectivity index (χ1v) is 8.59. The van der Waals surface area contributed by atoms with Crippen LogP contribution in [0.1, 0.15) is 41.7 Å². The third-order valence-corrected chi connectivity index (χ3v) is 5.23. The zero-order valence-corrected chi connectivity index (χ0v) is 14.2. The van der Waals surface area contributed by atoms with Gasteiger partial charge < -0.3 is 0 Å². The van der Waals surface area contributed by atoms with Gasteiger partial charge in [-0.25, -0.2) is 9.97 Å². The summed E-state index contributed by atoms with van der Waals surface area (Å²) in [7, 11) is 0. The molecule has 1 aliphatic heterocycles. The Morgan fingerprint density at radius 3 is 3.00 bits per heavy atom. The molecule has 3 rings (SSSR count). The summed E-state index contributed by atoms with van der Waals surface area (Å²) in [6.07, 6.45) is 3.05. The van der Waals surface area contributed by atoms with E-state index in [9.17, 15) is 0 Å². The van der Waals surface area contributed by atoms with Crippen LogP contribution >= 0.6 is 27.3 Å². The minimum absolute atomic E-state index is 0.404. The standard InChI is InChI=1S/C15H18BrN3S/c1-10(2)15-17-6-11-7-19(4-3-14(11)18-15)8-13-5-12(16)9-20-13/h5-6,9-10H,3-4,7-8H2,1-2H3. The average Bonchev–Trinajstić information content (AvgIpc) is 2.83. The van der Waals surface area contributed by atoms with Gasteiger partial charge in [0.2, 0.25) is 0 Å². The molecule has 0 bridgehead atoms. The van der Waals surface area contributed by atoms with Crippen LogP contribution in [0.5, 0.6) is 0 Å². The normalized spacial score (nSPS) is 15.6. The molecule has 106 valence electrons. The molecule has 1 aliphatic rings. The van der Waals surface area contributed by atoms with Crippen LogP contribution in [0.15, 0.2) is 22.1 Å². The van der Waals surface area contributed by atoms with Crippen molar-refractivity contribution in [3.05, 3.63) is 44.1 Å². The Morgan fingerprint density at radius 2 is 2.30 bits per heavy atom. The minimum atomic E-state index is 0.404. The second kappa shape index (κ2) is 5.92. The number of nitrogens with zero attached hydrogens (tertiary/aromatic N) is 3. The Labute approximate surface area is 132 Å². The largest absolute Gasteiger partial charge is 0.293 e. The first-order valence-electron chi connectivity index (χ1n) is 6.92. The number of hydrogen-bond acceptors (Lipinski definition) is 4. The number of fused-ring (bicyclic) bond motifs is 1. The third kappa shape index (κ3) is 3.10. The van der Waals surface area contributed by atoms with E-state index in [-0.39, 0.29) is 0 Å². The van der Waals surface area contributed by atoms with Crippen molar-refractivity contribution in [2.45, 2.75) is 39.3 Å². The number of halogens is 1. The molecule has 0 fully saturated rings. The van der Waals surface area contributed by atoms with E-state index in [0.717, 1.165) is 31.9 Å². The fourth-order valence-corrected chi connectivity index (χ4v) is 3.95. The highest BCUT2D eigenvalue weighted by atomic mass is 79.9. The second-order valence-electron chi connectivity index (χ2n) is 5.55. The minimum Gasteiger partial charge on any atom is -0.293 e. The summed E-state index contributed by atoms with van der Waals surface area (Å²) in [4.78, 5) is 13.1. The maximum atomic E-state index is 4.72. The number of rotatable bonds is 3. The van der Waals surface area contributed by atoms with Crippen LogP contribution in [-0.4, -0.2) is 21.4 Å². The lowest BCUT2D eigenvalue weighted by atomic mass is 10.1. The molecule has 3 nitrogen and oxygen atoms in total. The molecule has 5 heteroatoms. The molecule has 0 radical (unpaired) electrons. The summed E-state index contributed by atoms with van der Waals surface area (Å²) in [5.74, 6) is 1.38. The van der Waals surface area contributed by atoms with Gasteiger partial charge in [-0.2, -0.15) is 0 Å². The topological polar surface area (TPSA) is 29.0 Å². The smallest absolute Gasteiger partial charge is 0.131 e. The summed E-state index contributed by atoms with van der Waals surface area (Å²) >= 11 is 5.33. The molecule has 0 unspecified atom stereocenters. The molecular weight excluding hydrogens is 334 g/mol. The average molecular weight is 352 g/mol. The molecule has 2 aromatic rings. The highest BCUT2D eigenvalue weighted by Gasteiger charge is 2.19. The summed E-state index contributed by atoms with van der Waals surface area (Å²) in [5, 5.41) is 2.14. The first kappa shape index (κ1) is 14.2. The zero-order valence-electron chi connectivity index (χ0n) is 11.8. The van der Waals surface area contributed by atoms with E-state index >= 15 is 0 Å². The molecule has 2 aromatic heterocycles. The van der Waals surface area contributed by atoms with Crippen molar-refractivity contribution in [2.24, 2.45) is 0 Å². The van der Waals surface area contributed by atoms with Crippen LogP contribution in [0, 0.1) is 0 Å². The Kier molecular flexibility index (Phi) is 4.19. The predicted molar refractivity (Wildman–Crippen MR) is 86.0 cm³/mol. The van der Waals surface area contributed by atoms with Crippen LogP contribution < -0.4 is 0 Å². The molecule has 0 saturated heterocycles. The SMILES string of the molecule is CC(C)c1ncc2c(n1)CCN(Cc1cc(Br)cs1)C2. The van der Waals surface area contributed by atoms with E-state index in [1.807, 2.05) is 17.5 Å². The van der Waals surface area contributed by atoms with Gasteiger partial charge in [-0.1, -0.05) is 13.8 Å². The molecular formula is C15H18BrN3S. The van der Waals surface area contributed by atoms with Gasteiger partial charge in [0, 0.05) is 64.2 Å². The van der Waals surface area contributed by atoms with Gasteiger partial charge in [-0.15, -0.1) is 11.3 Å². The van der Waals surface area contributed by atoms with Crippen molar-refractivity contribution in [3.63, 3.8) is 0 Å². The Hall–Kier alpha value is -0.780. The van der Waals surface area contributed by atoms with Gasteiger partial charge in [-0.05, 0) is 22.0 Å². The van der Waals surface area contributed by atoms with E-state index < -0.39 is 0 Å². The van der Waals surface area contributed by atoms with Gasteiger partial charge in [0.05, 0.1) is 0 Å². The molecule has 0 spiro atoms. The monoisotopic (exact) mass is 351 g/mol. The highest BCUT2D eigenvalue weighted by Crippen LogP contribution is 2.24. The number of aromatic nitrogens is 2. The van der Waals surface area contributed by atoms with Crippen molar-refractivity contribution in [2.75, 3.05) is 6.54 Å². The van der Waals surface area contributed by atoms with Gasteiger partial charge in [0.25, 0.3) is 0 Å². The molecule has 0 atom stereocenters. The van der Waals surface area contributed by atoms with Crippen LogP contribution in [0.4, 0.5) is 0 Å². The third-order valence-electron chi connectivity index (χ3n) is 3.55. The second-order valence-corrected chi connectivity index (χ2v) is 7.46. The van der Waals surface area contributed by atoms with Crippen molar-refractivity contribution < 1.29 is 0 Å². The molecule has 0 saturated carbocycles. The van der Waals surface area contributed by atoms with E-state index in [0.29, 0.717) is 5.92 Å². The van der Waals surface area contributed by atoms with E-state index in [2.05, 4.69) is 51.1 Å². The quantitative estimate of drug-likeness (QED) is 0.837. The van der Waals surface area contributed by atoms with Gasteiger partial charge in [0.15, 0.2) is 0 Å². The number of thiophene rings is 1. The van der Waals surface area contributed by atoms with E-state index in [1.165, 1.54) is 20.6 Å². The first-order chi connectivity index (χ1) is 9.61. The molecule has 20 heavy (non-hydrogen) atoms. The van der Waals surface area contributed by atoms with Crippen LogP contribution in [0.3, 0.4) is 0 Å². The maximum absolute atomic E-state index is 4.72. The molecule has 0 aromatic carbocycles. The van der Waals surface area contributed by atoms with Crippen LogP contribution in [-0.2, 0) is 19.5 Å². The molecule has 0 amide bonds. The van der Waals surface area contributed by atoms with Gasteiger partial charge in [0.1, 0.15) is 5.82 Å².